The molecule has 1 amide bonds. The Hall–Kier alpha value is -4.13. The number of hydrogen-bond acceptors (Lipinski definition) is 6. The first-order valence-corrected chi connectivity index (χ1v) is 9.40. The van der Waals surface area contributed by atoms with Gasteiger partial charge >= 0.3 is 11.9 Å². The quantitative estimate of drug-likeness (QED) is 0.583. The van der Waals surface area contributed by atoms with Gasteiger partial charge in [-0.25, -0.2) is 9.59 Å². The lowest BCUT2D eigenvalue weighted by Gasteiger charge is -2.12. The molecule has 0 aliphatic carbocycles. The van der Waals surface area contributed by atoms with Crippen LogP contribution in [0.4, 0.5) is 5.69 Å². The van der Waals surface area contributed by atoms with E-state index in [0.29, 0.717) is 5.75 Å². The average Bonchev–Trinajstić information content (AvgIpc) is 2.82. The predicted molar refractivity (Wildman–Crippen MR) is 115 cm³/mol. The maximum absolute atomic E-state index is 12.4. The first-order chi connectivity index (χ1) is 15.0. The number of amides is 1. The summed E-state index contributed by atoms with van der Waals surface area (Å²) in [4.78, 5) is 36.1. The lowest BCUT2D eigenvalue weighted by atomic mass is 10.1. The normalized spacial score (nSPS) is 10.1. The molecule has 0 fully saturated rings. The number of anilines is 1. The van der Waals surface area contributed by atoms with Crippen molar-refractivity contribution >= 4 is 23.5 Å². The predicted octanol–water partition coefficient (Wildman–Crippen LogP) is 3.94. The van der Waals surface area contributed by atoms with Crippen LogP contribution in [0.3, 0.4) is 0 Å². The van der Waals surface area contributed by atoms with E-state index in [1.54, 1.807) is 12.1 Å². The van der Waals surface area contributed by atoms with Crippen LogP contribution in [-0.2, 0) is 14.3 Å². The summed E-state index contributed by atoms with van der Waals surface area (Å²) in [5, 5.41) is 2.58. The zero-order chi connectivity index (χ0) is 22.2. The highest BCUT2D eigenvalue weighted by atomic mass is 16.5. The van der Waals surface area contributed by atoms with Crippen LogP contribution in [0.25, 0.3) is 11.1 Å². The van der Waals surface area contributed by atoms with Crippen molar-refractivity contribution in [2.75, 3.05) is 26.1 Å². The smallest absolute Gasteiger partial charge is 0.339 e. The number of methoxy groups -OCH3 is 2. The van der Waals surface area contributed by atoms with Crippen LogP contribution in [0.15, 0.2) is 72.8 Å². The second-order valence-corrected chi connectivity index (χ2v) is 6.47. The maximum Gasteiger partial charge on any atom is 0.339 e. The van der Waals surface area contributed by atoms with E-state index in [-0.39, 0.29) is 23.4 Å². The Morgan fingerprint density at radius 2 is 1.42 bits per heavy atom. The Morgan fingerprint density at radius 3 is 2.06 bits per heavy atom. The summed E-state index contributed by atoms with van der Waals surface area (Å²) in [5.74, 6) is -1.23. The standard InChI is InChI=1S/C24H21NO6/c1-29-23(27)18-10-13-20(24(28)30-2)21(14-18)25-22(26)15-31-19-11-8-17(9-12-19)16-6-4-3-5-7-16/h3-14H,15H2,1-2H3,(H,25,26). The lowest BCUT2D eigenvalue weighted by molar-refractivity contribution is -0.118. The summed E-state index contributed by atoms with van der Waals surface area (Å²) in [7, 11) is 2.47. The van der Waals surface area contributed by atoms with E-state index in [1.807, 2.05) is 42.5 Å². The minimum atomic E-state index is -0.649. The van der Waals surface area contributed by atoms with Gasteiger partial charge in [0.2, 0.25) is 0 Å². The van der Waals surface area contributed by atoms with Crippen LogP contribution in [0, 0.1) is 0 Å². The van der Waals surface area contributed by atoms with Crippen molar-refractivity contribution in [1.82, 2.24) is 0 Å². The Morgan fingerprint density at radius 1 is 0.774 bits per heavy atom. The Balaban J connectivity index is 1.67. The van der Waals surface area contributed by atoms with Gasteiger partial charge in [0, 0.05) is 0 Å². The third-order valence-electron chi connectivity index (χ3n) is 4.45. The molecule has 0 bridgehead atoms. The number of rotatable bonds is 7. The van der Waals surface area contributed by atoms with Gasteiger partial charge in [-0.3, -0.25) is 4.79 Å². The van der Waals surface area contributed by atoms with Crippen LogP contribution in [0.1, 0.15) is 20.7 Å². The van der Waals surface area contributed by atoms with Crippen LogP contribution in [0.2, 0.25) is 0 Å². The van der Waals surface area contributed by atoms with Crippen molar-refractivity contribution < 1.29 is 28.6 Å². The lowest BCUT2D eigenvalue weighted by Crippen LogP contribution is -2.22. The molecule has 31 heavy (non-hydrogen) atoms. The molecule has 0 radical (unpaired) electrons. The van der Waals surface area contributed by atoms with Gasteiger partial charge in [-0.15, -0.1) is 0 Å². The van der Waals surface area contributed by atoms with E-state index in [0.717, 1.165) is 11.1 Å². The minimum absolute atomic E-state index is 0.107. The summed E-state index contributed by atoms with van der Waals surface area (Å²) in [6, 6.07) is 21.4. The van der Waals surface area contributed by atoms with Crippen LogP contribution < -0.4 is 10.1 Å². The van der Waals surface area contributed by atoms with Gasteiger partial charge in [-0.2, -0.15) is 0 Å². The highest BCUT2D eigenvalue weighted by Gasteiger charge is 2.17. The van der Waals surface area contributed by atoms with E-state index in [2.05, 4.69) is 10.1 Å². The summed E-state index contributed by atoms with van der Waals surface area (Å²) in [5.41, 5.74) is 2.52. The van der Waals surface area contributed by atoms with Crippen molar-refractivity contribution in [1.29, 1.82) is 0 Å². The van der Waals surface area contributed by atoms with Gasteiger partial charge < -0.3 is 19.5 Å². The fourth-order valence-corrected chi connectivity index (χ4v) is 2.89. The third-order valence-corrected chi connectivity index (χ3v) is 4.45. The molecule has 0 aliphatic heterocycles. The molecule has 0 aromatic heterocycles. The SMILES string of the molecule is COC(=O)c1ccc(C(=O)OC)c(NC(=O)COc2ccc(-c3ccccc3)cc2)c1. The van der Waals surface area contributed by atoms with E-state index in [4.69, 9.17) is 9.47 Å². The molecule has 0 saturated carbocycles. The van der Waals surface area contributed by atoms with Crippen LogP contribution in [0.5, 0.6) is 5.75 Å². The van der Waals surface area contributed by atoms with Crippen LogP contribution in [-0.4, -0.2) is 38.7 Å². The molecule has 3 rings (SSSR count). The average molecular weight is 419 g/mol. The number of ether oxygens (including phenoxy) is 3. The summed E-state index contributed by atoms with van der Waals surface area (Å²) in [6.07, 6.45) is 0. The number of esters is 2. The van der Waals surface area contributed by atoms with Gasteiger partial charge in [0.15, 0.2) is 6.61 Å². The van der Waals surface area contributed by atoms with E-state index >= 15 is 0 Å². The first kappa shape index (κ1) is 21.6. The molecule has 3 aromatic carbocycles. The number of benzene rings is 3. The van der Waals surface area contributed by atoms with Crippen molar-refractivity contribution in [2.45, 2.75) is 0 Å². The molecule has 0 unspecified atom stereocenters. The zero-order valence-electron chi connectivity index (χ0n) is 17.1. The van der Waals surface area contributed by atoms with Crippen molar-refractivity contribution in [2.24, 2.45) is 0 Å². The summed E-state index contributed by atoms with van der Waals surface area (Å²) in [6.45, 7) is -0.284. The Kier molecular flexibility index (Phi) is 7.01. The molecule has 0 heterocycles. The van der Waals surface area contributed by atoms with Gasteiger partial charge in [-0.05, 0) is 41.5 Å². The molecule has 7 heteroatoms. The molecule has 0 spiro atoms. The largest absolute Gasteiger partial charge is 0.484 e. The number of carbonyl (C=O) groups is 3. The molecular formula is C24H21NO6. The topological polar surface area (TPSA) is 90.9 Å². The van der Waals surface area contributed by atoms with E-state index in [9.17, 15) is 14.4 Å². The van der Waals surface area contributed by atoms with Crippen LogP contribution >= 0.6 is 0 Å². The zero-order valence-corrected chi connectivity index (χ0v) is 17.1. The number of nitrogens with one attached hydrogen (secondary N) is 1. The highest BCUT2D eigenvalue weighted by Crippen LogP contribution is 2.23. The van der Waals surface area contributed by atoms with Crippen molar-refractivity contribution in [3.63, 3.8) is 0 Å². The number of hydrogen-bond donors (Lipinski definition) is 1. The van der Waals surface area contributed by atoms with Gasteiger partial charge in [0.25, 0.3) is 5.91 Å². The molecule has 0 atom stereocenters. The molecular weight excluding hydrogens is 398 g/mol. The van der Waals surface area contributed by atoms with E-state index < -0.39 is 17.8 Å². The molecule has 7 nitrogen and oxygen atoms in total. The van der Waals surface area contributed by atoms with Crippen molar-refractivity contribution in [3.05, 3.63) is 83.9 Å². The second kappa shape index (κ2) is 10.1. The minimum Gasteiger partial charge on any atom is -0.484 e. The van der Waals surface area contributed by atoms with Crippen molar-refractivity contribution in [3.8, 4) is 16.9 Å². The Bertz CT molecular complexity index is 1080. The third kappa shape index (κ3) is 5.48. The summed E-state index contributed by atoms with van der Waals surface area (Å²) >= 11 is 0. The monoisotopic (exact) mass is 419 g/mol. The van der Waals surface area contributed by atoms with Gasteiger partial charge in [-0.1, -0.05) is 42.5 Å². The molecule has 0 saturated heterocycles. The fourth-order valence-electron chi connectivity index (χ4n) is 2.89. The maximum atomic E-state index is 12.4. The first-order valence-electron chi connectivity index (χ1n) is 9.40. The number of carbonyl (C=O) groups excluding carboxylic acids is 3. The molecule has 1 N–H and O–H groups in total. The highest BCUT2D eigenvalue weighted by molar-refractivity contribution is 6.03. The van der Waals surface area contributed by atoms with Gasteiger partial charge in [0.05, 0.1) is 31.0 Å². The molecule has 3 aromatic rings. The summed E-state index contributed by atoms with van der Waals surface area (Å²) < 4.78 is 14.9. The molecule has 0 aliphatic rings. The fraction of sp³-hybridized carbons (Fsp3) is 0.125. The Labute approximate surface area is 179 Å². The molecule has 158 valence electrons. The van der Waals surface area contributed by atoms with E-state index in [1.165, 1.54) is 32.4 Å². The van der Waals surface area contributed by atoms with Gasteiger partial charge in [0.1, 0.15) is 5.75 Å². The second-order valence-electron chi connectivity index (χ2n) is 6.47.